The fraction of sp³-hybridized carbons (Fsp3) is 0.211. The van der Waals surface area contributed by atoms with Gasteiger partial charge in [-0.15, -0.1) is 17.9 Å². The molecule has 1 amide bonds. The zero-order valence-corrected chi connectivity index (χ0v) is 16.0. The van der Waals surface area contributed by atoms with Crippen molar-refractivity contribution in [1.82, 2.24) is 9.55 Å². The van der Waals surface area contributed by atoms with Crippen molar-refractivity contribution in [3.05, 3.63) is 58.2 Å². The molecule has 5 nitrogen and oxygen atoms in total. The molecule has 7 heteroatoms. The van der Waals surface area contributed by atoms with Crippen LogP contribution in [0.4, 0.5) is 0 Å². The summed E-state index contributed by atoms with van der Waals surface area (Å²) < 4.78 is 1.60. The van der Waals surface area contributed by atoms with E-state index in [0.29, 0.717) is 27.7 Å². The number of benzene rings is 1. The van der Waals surface area contributed by atoms with Crippen molar-refractivity contribution in [3.8, 4) is 11.1 Å². The summed E-state index contributed by atoms with van der Waals surface area (Å²) in [6, 6.07) is 8.10. The molecule has 0 fully saturated rings. The minimum atomic E-state index is -0.367. The van der Waals surface area contributed by atoms with Gasteiger partial charge in [-0.05, 0) is 12.5 Å². The van der Waals surface area contributed by atoms with Crippen molar-refractivity contribution < 1.29 is 4.79 Å². The van der Waals surface area contributed by atoms with Crippen molar-refractivity contribution in [3.63, 3.8) is 0 Å². The molecule has 0 radical (unpaired) electrons. The zero-order chi connectivity index (χ0) is 18.7. The highest BCUT2D eigenvalue weighted by atomic mass is 32.2. The second kappa shape index (κ2) is 7.88. The highest BCUT2D eigenvalue weighted by Gasteiger charge is 2.17. The fourth-order valence-electron chi connectivity index (χ4n) is 2.59. The van der Waals surface area contributed by atoms with Gasteiger partial charge in [-0.25, -0.2) is 4.98 Å². The maximum Gasteiger partial charge on any atom is 0.263 e. The summed E-state index contributed by atoms with van der Waals surface area (Å²) in [5.74, 6) is 0.120. The van der Waals surface area contributed by atoms with Crippen molar-refractivity contribution in [2.75, 3.05) is 5.75 Å². The molecule has 0 bridgehead atoms. The van der Waals surface area contributed by atoms with Gasteiger partial charge in [0, 0.05) is 29.7 Å². The third-order valence-electron chi connectivity index (χ3n) is 3.91. The van der Waals surface area contributed by atoms with Crippen LogP contribution in [0.3, 0.4) is 0 Å². The van der Waals surface area contributed by atoms with Gasteiger partial charge in [0.1, 0.15) is 4.83 Å². The summed E-state index contributed by atoms with van der Waals surface area (Å²) in [6.45, 7) is 6.13. The van der Waals surface area contributed by atoms with Crippen LogP contribution < -0.4 is 11.3 Å². The van der Waals surface area contributed by atoms with Crippen molar-refractivity contribution in [1.29, 1.82) is 0 Å². The standard InChI is InChI=1S/C19H19N3O2S2/c1-3-9-22-18(24)16-14(13-6-4-12(2)5-7-13)11-26-17(16)21-19(22)25-10-8-15(20)23/h3-7,11H,1,8-10H2,2H3,(H2,20,23). The summed E-state index contributed by atoms with van der Waals surface area (Å²) in [5.41, 5.74) is 8.17. The molecule has 0 spiro atoms. The molecule has 0 aliphatic carbocycles. The molecule has 1 aromatic carbocycles. The lowest BCUT2D eigenvalue weighted by Crippen LogP contribution is -2.23. The molecule has 2 N–H and O–H groups in total. The van der Waals surface area contributed by atoms with Crippen LogP contribution >= 0.6 is 23.1 Å². The summed E-state index contributed by atoms with van der Waals surface area (Å²) in [7, 11) is 0. The number of nitrogens with zero attached hydrogens (tertiary/aromatic N) is 2. The number of carbonyl (C=O) groups excluding carboxylic acids is 1. The number of thiophene rings is 1. The van der Waals surface area contributed by atoms with E-state index in [0.717, 1.165) is 11.1 Å². The van der Waals surface area contributed by atoms with E-state index in [1.165, 1.54) is 28.7 Å². The minimum Gasteiger partial charge on any atom is -0.370 e. The number of primary amides is 1. The number of amides is 1. The van der Waals surface area contributed by atoms with E-state index in [4.69, 9.17) is 5.73 Å². The number of allylic oxidation sites excluding steroid dienone is 1. The van der Waals surface area contributed by atoms with Crippen LogP contribution in [0.25, 0.3) is 21.3 Å². The molecule has 0 aliphatic rings. The van der Waals surface area contributed by atoms with E-state index in [9.17, 15) is 9.59 Å². The van der Waals surface area contributed by atoms with Gasteiger partial charge in [0.05, 0.1) is 5.39 Å². The van der Waals surface area contributed by atoms with Crippen LogP contribution in [-0.2, 0) is 11.3 Å². The Morgan fingerprint density at radius 2 is 2.12 bits per heavy atom. The lowest BCUT2D eigenvalue weighted by Gasteiger charge is -2.10. The monoisotopic (exact) mass is 385 g/mol. The number of aromatic nitrogens is 2. The van der Waals surface area contributed by atoms with Crippen LogP contribution in [0.1, 0.15) is 12.0 Å². The van der Waals surface area contributed by atoms with Gasteiger partial charge in [-0.1, -0.05) is 47.7 Å². The van der Waals surface area contributed by atoms with Gasteiger partial charge < -0.3 is 5.73 Å². The van der Waals surface area contributed by atoms with Gasteiger partial charge in [-0.2, -0.15) is 0 Å². The first-order valence-electron chi connectivity index (χ1n) is 8.12. The highest BCUT2D eigenvalue weighted by Crippen LogP contribution is 2.32. The molecule has 0 atom stereocenters. The summed E-state index contributed by atoms with van der Waals surface area (Å²) >= 11 is 2.81. The molecule has 0 unspecified atom stereocenters. The number of hydrogen-bond donors (Lipinski definition) is 1. The molecule has 26 heavy (non-hydrogen) atoms. The van der Waals surface area contributed by atoms with Gasteiger partial charge in [0.15, 0.2) is 5.16 Å². The first-order chi connectivity index (χ1) is 12.5. The van der Waals surface area contributed by atoms with Crippen molar-refractivity contribution in [2.24, 2.45) is 5.73 Å². The number of thioether (sulfide) groups is 1. The van der Waals surface area contributed by atoms with Crippen LogP contribution in [0, 0.1) is 6.92 Å². The molecule has 134 valence electrons. The number of aryl methyl sites for hydroxylation is 1. The van der Waals surface area contributed by atoms with Crippen molar-refractivity contribution in [2.45, 2.75) is 25.0 Å². The van der Waals surface area contributed by atoms with Crippen LogP contribution in [0.2, 0.25) is 0 Å². The van der Waals surface area contributed by atoms with Gasteiger partial charge in [0.25, 0.3) is 5.56 Å². The number of carbonyl (C=O) groups is 1. The summed E-state index contributed by atoms with van der Waals surface area (Å²) in [4.78, 5) is 29.5. The van der Waals surface area contributed by atoms with Crippen molar-refractivity contribution >= 4 is 39.2 Å². The van der Waals surface area contributed by atoms with E-state index >= 15 is 0 Å². The van der Waals surface area contributed by atoms with Gasteiger partial charge in [-0.3, -0.25) is 14.2 Å². The molecule has 2 aromatic heterocycles. The zero-order valence-electron chi connectivity index (χ0n) is 14.4. The third kappa shape index (κ3) is 3.73. The maximum atomic E-state index is 13.1. The van der Waals surface area contributed by atoms with Crippen LogP contribution in [0.5, 0.6) is 0 Å². The average molecular weight is 386 g/mol. The Morgan fingerprint density at radius 3 is 2.77 bits per heavy atom. The molecule has 0 saturated heterocycles. The Morgan fingerprint density at radius 1 is 1.38 bits per heavy atom. The Balaban J connectivity index is 2.11. The normalized spacial score (nSPS) is 11.0. The SMILES string of the molecule is C=CCn1c(SCCC(N)=O)nc2scc(-c3ccc(C)cc3)c2c1=O. The Kier molecular flexibility index (Phi) is 5.58. The Hall–Kier alpha value is -2.38. The molecule has 2 heterocycles. The van der Waals surface area contributed by atoms with E-state index in [2.05, 4.69) is 11.6 Å². The number of hydrogen-bond acceptors (Lipinski definition) is 5. The maximum absolute atomic E-state index is 13.1. The average Bonchev–Trinajstić information content (AvgIpc) is 3.02. The molecule has 3 aromatic rings. The molecular formula is C19H19N3O2S2. The van der Waals surface area contributed by atoms with E-state index in [-0.39, 0.29) is 17.9 Å². The lowest BCUT2D eigenvalue weighted by molar-refractivity contribution is -0.117. The van der Waals surface area contributed by atoms with Gasteiger partial charge >= 0.3 is 0 Å². The number of nitrogens with two attached hydrogens (primary N) is 1. The minimum absolute atomic E-state index is 0.0895. The molecule has 3 rings (SSSR count). The van der Waals surface area contributed by atoms with E-state index < -0.39 is 0 Å². The fourth-order valence-corrected chi connectivity index (χ4v) is 4.54. The molecular weight excluding hydrogens is 366 g/mol. The quantitative estimate of drug-likeness (QED) is 0.383. The Labute approximate surface area is 159 Å². The lowest BCUT2D eigenvalue weighted by atomic mass is 10.1. The molecule has 0 saturated carbocycles. The molecule has 0 aliphatic heterocycles. The summed E-state index contributed by atoms with van der Waals surface area (Å²) in [6.07, 6.45) is 1.91. The largest absolute Gasteiger partial charge is 0.370 e. The highest BCUT2D eigenvalue weighted by molar-refractivity contribution is 7.99. The van der Waals surface area contributed by atoms with Crippen LogP contribution in [0.15, 0.2) is 52.3 Å². The third-order valence-corrected chi connectivity index (χ3v) is 5.76. The number of rotatable bonds is 7. The first-order valence-corrected chi connectivity index (χ1v) is 9.99. The van der Waals surface area contributed by atoms with E-state index in [1.807, 2.05) is 36.6 Å². The second-order valence-corrected chi connectivity index (χ2v) is 7.78. The topological polar surface area (TPSA) is 78.0 Å². The number of fused-ring (bicyclic) bond motifs is 1. The van der Waals surface area contributed by atoms with Gasteiger partial charge in [0.2, 0.25) is 5.91 Å². The van der Waals surface area contributed by atoms with E-state index in [1.54, 1.807) is 10.6 Å². The predicted molar refractivity (Wildman–Crippen MR) is 109 cm³/mol. The van der Waals surface area contributed by atoms with Crippen LogP contribution in [-0.4, -0.2) is 21.2 Å². The smallest absolute Gasteiger partial charge is 0.263 e. The predicted octanol–water partition coefficient (Wildman–Crippen LogP) is 3.59. The Bertz CT molecular complexity index is 1020. The second-order valence-electron chi connectivity index (χ2n) is 5.86. The summed E-state index contributed by atoms with van der Waals surface area (Å²) in [5, 5.41) is 3.18. The first kappa shape index (κ1) is 18.4.